The fraction of sp³-hybridized carbons (Fsp3) is 0.500. The topological polar surface area (TPSA) is 64.8 Å². The van der Waals surface area contributed by atoms with Crippen molar-refractivity contribution in [2.24, 2.45) is 0 Å². The highest BCUT2D eigenvalue weighted by Crippen LogP contribution is 2.28. The minimum atomic E-state index is -0.400. The Labute approximate surface area is 113 Å². The molecule has 1 aliphatic rings. The molecule has 0 aromatic heterocycles. The van der Waals surface area contributed by atoms with Crippen LogP contribution in [-0.2, 0) is 9.47 Å². The summed E-state index contributed by atoms with van der Waals surface area (Å²) in [6.45, 7) is 6.20. The second-order valence-electron chi connectivity index (χ2n) is 4.83. The van der Waals surface area contributed by atoms with E-state index >= 15 is 0 Å². The molecule has 2 N–H and O–H groups in total. The van der Waals surface area contributed by atoms with Crippen LogP contribution >= 0.6 is 0 Å². The Morgan fingerprint density at radius 3 is 2.89 bits per heavy atom. The number of rotatable bonds is 2. The number of carbonyl (C=O) groups is 1. The second kappa shape index (κ2) is 5.48. The minimum Gasteiger partial charge on any atom is -0.465 e. The molecule has 0 spiro atoms. The lowest BCUT2D eigenvalue weighted by Crippen LogP contribution is -2.43. The van der Waals surface area contributed by atoms with Gasteiger partial charge in [-0.2, -0.15) is 0 Å². The number of hydrogen-bond acceptors (Lipinski definition) is 5. The van der Waals surface area contributed by atoms with Crippen molar-refractivity contribution in [1.29, 1.82) is 0 Å². The maximum Gasteiger partial charge on any atom is 0.340 e. The average Bonchev–Trinajstić information content (AvgIpc) is 2.41. The molecule has 104 valence electrons. The van der Waals surface area contributed by atoms with E-state index in [4.69, 9.17) is 15.2 Å². The number of ether oxygens (including phenoxy) is 2. The van der Waals surface area contributed by atoms with E-state index in [0.29, 0.717) is 24.5 Å². The normalized spacial score (nSPS) is 19.3. The van der Waals surface area contributed by atoms with Gasteiger partial charge in [0.05, 0.1) is 25.9 Å². The first-order valence-corrected chi connectivity index (χ1v) is 6.37. The van der Waals surface area contributed by atoms with E-state index in [0.717, 1.165) is 17.8 Å². The summed E-state index contributed by atoms with van der Waals surface area (Å²) in [5.74, 6) is -0.400. The molecular weight excluding hydrogens is 244 g/mol. The molecule has 2 rings (SSSR count). The van der Waals surface area contributed by atoms with Gasteiger partial charge in [0.15, 0.2) is 0 Å². The van der Waals surface area contributed by atoms with Gasteiger partial charge in [0, 0.05) is 24.0 Å². The van der Waals surface area contributed by atoms with E-state index in [1.807, 2.05) is 13.0 Å². The number of aryl methyl sites for hydroxylation is 1. The van der Waals surface area contributed by atoms with E-state index in [2.05, 4.69) is 11.8 Å². The molecular formula is C14H20N2O3. The Morgan fingerprint density at radius 2 is 2.26 bits per heavy atom. The third-order valence-electron chi connectivity index (χ3n) is 3.48. The number of esters is 1. The zero-order valence-electron chi connectivity index (χ0n) is 11.6. The highest BCUT2D eigenvalue weighted by Gasteiger charge is 2.22. The van der Waals surface area contributed by atoms with Crippen LogP contribution < -0.4 is 10.6 Å². The fourth-order valence-corrected chi connectivity index (χ4v) is 2.33. The van der Waals surface area contributed by atoms with Gasteiger partial charge in [-0.3, -0.25) is 0 Å². The number of nitrogens with zero attached hydrogens (tertiary/aromatic N) is 1. The molecule has 1 fully saturated rings. The third-order valence-corrected chi connectivity index (χ3v) is 3.48. The maximum atomic E-state index is 11.8. The molecule has 0 amide bonds. The first-order valence-electron chi connectivity index (χ1n) is 6.37. The van der Waals surface area contributed by atoms with Crippen molar-refractivity contribution < 1.29 is 14.3 Å². The van der Waals surface area contributed by atoms with Crippen LogP contribution in [0.4, 0.5) is 11.4 Å². The summed E-state index contributed by atoms with van der Waals surface area (Å²) in [7, 11) is 1.36. The Hall–Kier alpha value is -1.75. The SMILES string of the molecule is COC(=O)c1cc(N2CCOCC2C)cc(C)c1N. The van der Waals surface area contributed by atoms with Gasteiger partial charge in [0.25, 0.3) is 0 Å². The minimum absolute atomic E-state index is 0.280. The summed E-state index contributed by atoms with van der Waals surface area (Å²) >= 11 is 0. The molecule has 1 unspecified atom stereocenters. The van der Waals surface area contributed by atoms with Gasteiger partial charge in [0.1, 0.15) is 0 Å². The van der Waals surface area contributed by atoms with E-state index in [9.17, 15) is 4.79 Å². The van der Waals surface area contributed by atoms with Crippen LogP contribution in [0.3, 0.4) is 0 Å². The molecule has 1 aromatic carbocycles. The molecule has 5 nitrogen and oxygen atoms in total. The summed E-state index contributed by atoms with van der Waals surface area (Å²) in [5, 5.41) is 0. The number of nitrogen functional groups attached to an aromatic ring is 1. The highest BCUT2D eigenvalue weighted by molar-refractivity contribution is 5.97. The lowest BCUT2D eigenvalue weighted by atomic mass is 10.0. The van der Waals surface area contributed by atoms with Crippen molar-refractivity contribution >= 4 is 17.3 Å². The summed E-state index contributed by atoms with van der Waals surface area (Å²) in [5.41, 5.74) is 8.73. The summed E-state index contributed by atoms with van der Waals surface area (Å²) in [6.07, 6.45) is 0. The average molecular weight is 264 g/mol. The molecule has 0 saturated carbocycles. The van der Waals surface area contributed by atoms with Crippen LogP contribution in [0, 0.1) is 6.92 Å². The first-order chi connectivity index (χ1) is 9.04. The molecule has 19 heavy (non-hydrogen) atoms. The van der Waals surface area contributed by atoms with Gasteiger partial charge in [-0.15, -0.1) is 0 Å². The standard InChI is InChI=1S/C14H20N2O3/c1-9-6-11(16-4-5-19-8-10(16)2)7-12(13(9)15)14(17)18-3/h6-7,10H,4-5,8,15H2,1-3H3. The predicted molar refractivity (Wildman–Crippen MR) is 74.6 cm³/mol. The Morgan fingerprint density at radius 1 is 1.53 bits per heavy atom. The molecule has 0 bridgehead atoms. The van der Waals surface area contributed by atoms with Crippen LogP contribution in [-0.4, -0.2) is 38.9 Å². The smallest absolute Gasteiger partial charge is 0.340 e. The number of hydrogen-bond donors (Lipinski definition) is 1. The second-order valence-corrected chi connectivity index (χ2v) is 4.83. The van der Waals surface area contributed by atoms with Gasteiger partial charge < -0.3 is 20.1 Å². The molecule has 0 aliphatic carbocycles. The summed E-state index contributed by atoms with van der Waals surface area (Å²) in [6, 6.07) is 4.09. The van der Waals surface area contributed by atoms with E-state index in [-0.39, 0.29) is 6.04 Å². The van der Waals surface area contributed by atoms with Gasteiger partial charge in [0.2, 0.25) is 0 Å². The zero-order chi connectivity index (χ0) is 14.0. The van der Waals surface area contributed by atoms with Gasteiger partial charge in [-0.25, -0.2) is 4.79 Å². The number of morpholine rings is 1. The summed E-state index contributed by atoms with van der Waals surface area (Å²) in [4.78, 5) is 14.0. The number of nitrogens with two attached hydrogens (primary N) is 1. The van der Waals surface area contributed by atoms with Crippen molar-refractivity contribution in [3.8, 4) is 0 Å². The lowest BCUT2D eigenvalue weighted by molar-refractivity contribution is 0.0602. The summed E-state index contributed by atoms with van der Waals surface area (Å²) < 4.78 is 10.2. The van der Waals surface area contributed by atoms with Crippen molar-refractivity contribution in [3.05, 3.63) is 23.3 Å². The number of methoxy groups -OCH3 is 1. The monoisotopic (exact) mass is 264 g/mol. The molecule has 1 aliphatic heterocycles. The molecule has 1 heterocycles. The molecule has 0 radical (unpaired) electrons. The molecule has 1 atom stereocenters. The Bertz CT molecular complexity index is 488. The van der Waals surface area contributed by atoms with Gasteiger partial charge >= 0.3 is 5.97 Å². The maximum absolute atomic E-state index is 11.8. The van der Waals surface area contributed by atoms with E-state index < -0.39 is 5.97 Å². The fourth-order valence-electron chi connectivity index (χ4n) is 2.33. The quantitative estimate of drug-likeness (QED) is 0.649. The van der Waals surface area contributed by atoms with Crippen molar-refractivity contribution in [3.63, 3.8) is 0 Å². The zero-order valence-corrected chi connectivity index (χ0v) is 11.6. The number of carbonyl (C=O) groups excluding carboxylic acids is 1. The molecule has 5 heteroatoms. The van der Waals surface area contributed by atoms with Crippen molar-refractivity contribution in [1.82, 2.24) is 0 Å². The first kappa shape index (κ1) is 13.7. The van der Waals surface area contributed by atoms with Gasteiger partial charge in [-0.1, -0.05) is 0 Å². The van der Waals surface area contributed by atoms with Crippen molar-refractivity contribution in [2.75, 3.05) is 37.5 Å². The van der Waals surface area contributed by atoms with Crippen LogP contribution in [0.25, 0.3) is 0 Å². The third kappa shape index (κ3) is 2.66. The molecule has 1 saturated heterocycles. The van der Waals surface area contributed by atoms with Crippen LogP contribution in [0.1, 0.15) is 22.8 Å². The number of benzene rings is 1. The molecule has 1 aromatic rings. The van der Waals surface area contributed by atoms with E-state index in [1.165, 1.54) is 7.11 Å². The number of anilines is 2. The van der Waals surface area contributed by atoms with Crippen LogP contribution in [0.2, 0.25) is 0 Å². The lowest BCUT2D eigenvalue weighted by Gasteiger charge is -2.35. The largest absolute Gasteiger partial charge is 0.465 e. The predicted octanol–water partition coefficient (Wildman–Crippen LogP) is 1.59. The van der Waals surface area contributed by atoms with Crippen LogP contribution in [0.15, 0.2) is 12.1 Å². The van der Waals surface area contributed by atoms with Crippen molar-refractivity contribution in [2.45, 2.75) is 19.9 Å². The Kier molecular flexibility index (Phi) is 3.95. The van der Waals surface area contributed by atoms with E-state index in [1.54, 1.807) is 6.07 Å². The Balaban J connectivity index is 2.41. The van der Waals surface area contributed by atoms with Gasteiger partial charge in [-0.05, 0) is 31.5 Å². The van der Waals surface area contributed by atoms with Crippen LogP contribution in [0.5, 0.6) is 0 Å². The highest BCUT2D eigenvalue weighted by atomic mass is 16.5.